The molecule has 0 atom stereocenters. The maximum atomic E-state index is 11.7. The smallest absolute Gasteiger partial charge is 0.414 e. The summed E-state index contributed by atoms with van der Waals surface area (Å²) < 4.78 is 0. The molecule has 0 aromatic rings. The molecule has 0 aromatic heterocycles. The second-order valence-corrected chi connectivity index (χ2v) is 4.90. The van der Waals surface area contributed by atoms with E-state index in [0.29, 0.717) is 0 Å². The Labute approximate surface area is 106 Å². The average molecular weight is 260 g/mol. The van der Waals surface area contributed by atoms with Gasteiger partial charge in [-0.3, -0.25) is 4.79 Å². The monoisotopic (exact) mass is 260 g/mol. The van der Waals surface area contributed by atoms with Crippen LogP contribution in [-0.2, 0) is 14.4 Å². The van der Waals surface area contributed by atoms with Gasteiger partial charge in [-0.2, -0.15) is 0 Å². The quantitative estimate of drug-likeness (QED) is 0.512. The third-order valence-electron chi connectivity index (χ3n) is 2.23. The van der Waals surface area contributed by atoms with E-state index in [0.717, 1.165) is 26.2 Å². The van der Waals surface area contributed by atoms with Crippen molar-refractivity contribution >= 4 is 17.8 Å². The SMILES string of the molecule is CC(C)(C)C(=O)N1CCNCC1.O=C(O)C(=O)O. The van der Waals surface area contributed by atoms with Crippen molar-refractivity contribution in [1.82, 2.24) is 10.2 Å². The van der Waals surface area contributed by atoms with Crippen molar-refractivity contribution < 1.29 is 24.6 Å². The second kappa shape index (κ2) is 6.95. The average Bonchev–Trinajstić information content (AvgIpc) is 2.28. The van der Waals surface area contributed by atoms with Crippen LogP contribution >= 0.6 is 0 Å². The number of nitrogens with one attached hydrogen (secondary N) is 1. The molecule has 7 heteroatoms. The zero-order valence-electron chi connectivity index (χ0n) is 10.9. The van der Waals surface area contributed by atoms with Gasteiger partial charge in [0.05, 0.1) is 0 Å². The van der Waals surface area contributed by atoms with Crippen molar-refractivity contribution in [2.45, 2.75) is 20.8 Å². The second-order valence-electron chi connectivity index (χ2n) is 4.90. The molecule has 1 rings (SSSR count). The number of piperazine rings is 1. The lowest BCUT2D eigenvalue weighted by atomic mass is 9.94. The van der Waals surface area contributed by atoms with Crippen LogP contribution in [0.25, 0.3) is 0 Å². The van der Waals surface area contributed by atoms with E-state index in [1.807, 2.05) is 25.7 Å². The summed E-state index contributed by atoms with van der Waals surface area (Å²) in [6.07, 6.45) is 0. The number of rotatable bonds is 0. The normalized spacial score (nSPS) is 15.4. The molecule has 0 radical (unpaired) electrons. The van der Waals surface area contributed by atoms with Crippen LogP contribution in [0.5, 0.6) is 0 Å². The minimum absolute atomic E-state index is 0.225. The first-order chi connectivity index (χ1) is 8.16. The van der Waals surface area contributed by atoms with Crippen LogP contribution in [0.15, 0.2) is 0 Å². The molecule has 0 aliphatic carbocycles. The number of carbonyl (C=O) groups is 3. The zero-order valence-corrected chi connectivity index (χ0v) is 10.9. The lowest BCUT2D eigenvalue weighted by Gasteiger charge is -2.32. The van der Waals surface area contributed by atoms with E-state index >= 15 is 0 Å². The third-order valence-corrected chi connectivity index (χ3v) is 2.23. The summed E-state index contributed by atoms with van der Waals surface area (Å²) in [6.45, 7) is 9.49. The van der Waals surface area contributed by atoms with Crippen molar-refractivity contribution in [3.63, 3.8) is 0 Å². The number of nitrogens with zero attached hydrogens (tertiary/aromatic N) is 1. The first-order valence-corrected chi connectivity index (χ1v) is 5.62. The van der Waals surface area contributed by atoms with Gasteiger partial charge in [0.15, 0.2) is 0 Å². The van der Waals surface area contributed by atoms with E-state index < -0.39 is 11.9 Å². The van der Waals surface area contributed by atoms with Gasteiger partial charge in [0.1, 0.15) is 0 Å². The molecule has 1 heterocycles. The molecule has 1 saturated heterocycles. The summed E-state index contributed by atoms with van der Waals surface area (Å²) in [5.74, 6) is -3.38. The number of aliphatic carboxylic acids is 2. The number of amides is 1. The van der Waals surface area contributed by atoms with E-state index in [-0.39, 0.29) is 11.3 Å². The van der Waals surface area contributed by atoms with Crippen LogP contribution in [0.1, 0.15) is 20.8 Å². The van der Waals surface area contributed by atoms with Crippen LogP contribution in [0, 0.1) is 5.41 Å². The molecule has 3 N–H and O–H groups in total. The molecule has 1 amide bonds. The Hall–Kier alpha value is -1.63. The van der Waals surface area contributed by atoms with Crippen molar-refractivity contribution in [3.05, 3.63) is 0 Å². The maximum absolute atomic E-state index is 11.7. The topological polar surface area (TPSA) is 107 Å². The highest BCUT2D eigenvalue weighted by atomic mass is 16.4. The Morgan fingerprint density at radius 2 is 1.39 bits per heavy atom. The molecule has 1 aliphatic heterocycles. The van der Waals surface area contributed by atoms with Crippen molar-refractivity contribution in [3.8, 4) is 0 Å². The molecular weight excluding hydrogens is 240 g/mol. The maximum Gasteiger partial charge on any atom is 0.414 e. The van der Waals surface area contributed by atoms with Gasteiger partial charge < -0.3 is 20.4 Å². The fraction of sp³-hybridized carbons (Fsp3) is 0.727. The molecule has 0 spiro atoms. The molecule has 18 heavy (non-hydrogen) atoms. The number of carbonyl (C=O) groups excluding carboxylic acids is 1. The molecule has 1 fully saturated rings. The van der Waals surface area contributed by atoms with E-state index in [1.54, 1.807) is 0 Å². The minimum Gasteiger partial charge on any atom is -0.473 e. The van der Waals surface area contributed by atoms with Crippen molar-refractivity contribution in [1.29, 1.82) is 0 Å². The molecule has 0 unspecified atom stereocenters. The minimum atomic E-state index is -1.82. The summed E-state index contributed by atoms with van der Waals surface area (Å²) in [5, 5.41) is 18.0. The predicted octanol–water partition coefficient (Wildman–Crippen LogP) is -0.380. The zero-order chi connectivity index (χ0) is 14.3. The largest absolute Gasteiger partial charge is 0.473 e. The van der Waals surface area contributed by atoms with Crippen LogP contribution in [0.4, 0.5) is 0 Å². The Bertz CT molecular complexity index is 304. The van der Waals surface area contributed by atoms with Crippen molar-refractivity contribution in [2.24, 2.45) is 5.41 Å². The van der Waals surface area contributed by atoms with Gasteiger partial charge in [-0.05, 0) is 0 Å². The molecule has 0 aromatic carbocycles. The fourth-order valence-corrected chi connectivity index (χ4v) is 1.34. The number of carboxylic acids is 2. The Morgan fingerprint density at radius 3 is 1.67 bits per heavy atom. The summed E-state index contributed by atoms with van der Waals surface area (Å²) in [6, 6.07) is 0. The van der Waals surface area contributed by atoms with Crippen LogP contribution < -0.4 is 5.32 Å². The van der Waals surface area contributed by atoms with Gasteiger partial charge in [0.2, 0.25) is 5.91 Å². The fourth-order valence-electron chi connectivity index (χ4n) is 1.34. The van der Waals surface area contributed by atoms with Gasteiger partial charge in [-0.25, -0.2) is 9.59 Å². The highest BCUT2D eigenvalue weighted by Gasteiger charge is 2.27. The highest BCUT2D eigenvalue weighted by molar-refractivity contribution is 6.27. The predicted molar refractivity (Wildman–Crippen MR) is 64.2 cm³/mol. The van der Waals surface area contributed by atoms with Gasteiger partial charge >= 0.3 is 11.9 Å². The van der Waals surface area contributed by atoms with Crippen molar-refractivity contribution in [2.75, 3.05) is 26.2 Å². The van der Waals surface area contributed by atoms with Gasteiger partial charge in [-0.1, -0.05) is 20.8 Å². The molecule has 104 valence electrons. The van der Waals surface area contributed by atoms with Crippen LogP contribution in [0.3, 0.4) is 0 Å². The molecule has 0 bridgehead atoms. The lowest BCUT2D eigenvalue weighted by molar-refractivity contribution is -0.159. The number of hydrogen-bond acceptors (Lipinski definition) is 4. The third kappa shape index (κ3) is 6.19. The first-order valence-electron chi connectivity index (χ1n) is 5.62. The standard InChI is InChI=1S/C9H18N2O.C2H2O4/c1-9(2,3)8(12)11-6-4-10-5-7-11;3-1(4)2(5)6/h10H,4-7H2,1-3H3;(H,3,4)(H,5,6). The van der Waals surface area contributed by atoms with Gasteiger partial charge in [0, 0.05) is 31.6 Å². The summed E-state index contributed by atoms with van der Waals surface area (Å²) in [4.78, 5) is 31.9. The van der Waals surface area contributed by atoms with Crippen LogP contribution in [0.2, 0.25) is 0 Å². The van der Waals surface area contributed by atoms with Crippen LogP contribution in [-0.4, -0.2) is 59.1 Å². The molecular formula is C11H20N2O5. The Balaban J connectivity index is 0.000000411. The van der Waals surface area contributed by atoms with Gasteiger partial charge in [-0.15, -0.1) is 0 Å². The van der Waals surface area contributed by atoms with E-state index in [2.05, 4.69) is 5.32 Å². The van der Waals surface area contributed by atoms with Gasteiger partial charge in [0.25, 0.3) is 0 Å². The van der Waals surface area contributed by atoms with E-state index in [4.69, 9.17) is 19.8 Å². The molecule has 0 saturated carbocycles. The highest BCUT2D eigenvalue weighted by Crippen LogP contribution is 2.17. The first kappa shape index (κ1) is 16.4. The summed E-state index contributed by atoms with van der Waals surface area (Å²) in [7, 11) is 0. The lowest BCUT2D eigenvalue weighted by Crippen LogP contribution is -2.49. The Kier molecular flexibility index (Phi) is 6.32. The van der Waals surface area contributed by atoms with E-state index in [1.165, 1.54) is 0 Å². The van der Waals surface area contributed by atoms with E-state index in [9.17, 15) is 4.79 Å². The molecule has 1 aliphatic rings. The molecule has 7 nitrogen and oxygen atoms in total. The number of hydrogen-bond donors (Lipinski definition) is 3. The summed E-state index contributed by atoms with van der Waals surface area (Å²) >= 11 is 0. The number of carboxylic acid groups (broad SMARTS) is 2. The summed E-state index contributed by atoms with van der Waals surface area (Å²) in [5.41, 5.74) is -0.225. The Morgan fingerprint density at radius 1 is 1.00 bits per heavy atom.